The van der Waals surface area contributed by atoms with Crippen LogP contribution in [0.15, 0.2) is 48.5 Å². The summed E-state index contributed by atoms with van der Waals surface area (Å²) in [6, 6.07) is 14.8. The fourth-order valence-electron chi connectivity index (χ4n) is 4.05. The van der Waals surface area contributed by atoms with E-state index in [0.717, 1.165) is 30.7 Å². The Balaban J connectivity index is 1.53. The van der Waals surface area contributed by atoms with Crippen LogP contribution >= 0.6 is 0 Å². The first-order valence-electron chi connectivity index (χ1n) is 9.55. The normalized spacial score (nSPS) is 21.1. The Hall–Kier alpha value is -2.54. The number of hydrogen-bond acceptors (Lipinski definition) is 4. The minimum absolute atomic E-state index is 0.0193. The number of benzene rings is 2. The van der Waals surface area contributed by atoms with Gasteiger partial charge in [-0.25, -0.2) is 8.42 Å². The molecule has 2 heterocycles. The Morgan fingerprint density at radius 1 is 1.00 bits per heavy atom. The second-order valence-electron chi connectivity index (χ2n) is 7.22. The summed E-state index contributed by atoms with van der Waals surface area (Å²) in [6.07, 6.45) is 2.54. The summed E-state index contributed by atoms with van der Waals surface area (Å²) >= 11 is 0. The summed E-state index contributed by atoms with van der Waals surface area (Å²) in [7, 11) is -1.58. The summed E-state index contributed by atoms with van der Waals surface area (Å²) in [4.78, 5) is 15.0. The third-order valence-electron chi connectivity index (χ3n) is 5.52. The SMILES string of the molecule is COc1ccc([C@@H]2CCCN2C(=O)c2ccc(N3CCCS3(=O)=O)cc2)cc1. The molecule has 28 heavy (non-hydrogen) atoms. The third-order valence-corrected chi connectivity index (χ3v) is 7.39. The first-order valence-corrected chi connectivity index (χ1v) is 11.2. The molecule has 2 aliphatic rings. The van der Waals surface area contributed by atoms with Crippen molar-refractivity contribution in [3.05, 3.63) is 59.7 Å². The lowest BCUT2D eigenvalue weighted by molar-refractivity contribution is 0.0735. The highest BCUT2D eigenvalue weighted by atomic mass is 32.2. The van der Waals surface area contributed by atoms with E-state index in [-0.39, 0.29) is 17.7 Å². The summed E-state index contributed by atoms with van der Waals surface area (Å²) in [5, 5.41) is 0. The lowest BCUT2D eigenvalue weighted by atomic mass is 10.0. The highest BCUT2D eigenvalue weighted by Crippen LogP contribution is 2.34. The topological polar surface area (TPSA) is 66.9 Å². The Morgan fingerprint density at radius 3 is 2.32 bits per heavy atom. The van der Waals surface area contributed by atoms with E-state index in [1.54, 1.807) is 31.4 Å². The number of rotatable bonds is 4. The molecule has 2 aromatic rings. The van der Waals surface area contributed by atoms with Crippen molar-refractivity contribution in [1.29, 1.82) is 0 Å². The third kappa shape index (κ3) is 3.46. The predicted octanol–water partition coefficient (Wildman–Crippen LogP) is 3.21. The van der Waals surface area contributed by atoms with Crippen LogP contribution in [0.5, 0.6) is 5.75 Å². The molecule has 0 unspecified atom stereocenters. The molecule has 0 spiro atoms. The average molecular weight is 401 g/mol. The Kier molecular flexibility index (Phi) is 5.02. The number of hydrogen-bond donors (Lipinski definition) is 0. The zero-order valence-corrected chi connectivity index (χ0v) is 16.7. The van der Waals surface area contributed by atoms with Gasteiger partial charge >= 0.3 is 0 Å². The largest absolute Gasteiger partial charge is 0.497 e. The number of sulfonamides is 1. The molecule has 0 N–H and O–H groups in total. The maximum absolute atomic E-state index is 13.1. The fourth-order valence-corrected chi connectivity index (χ4v) is 5.61. The van der Waals surface area contributed by atoms with Crippen LogP contribution in [0.3, 0.4) is 0 Å². The van der Waals surface area contributed by atoms with Gasteiger partial charge in [0.15, 0.2) is 0 Å². The van der Waals surface area contributed by atoms with E-state index in [4.69, 9.17) is 4.74 Å². The highest BCUT2D eigenvalue weighted by Gasteiger charge is 2.31. The number of ether oxygens (including phenoxy) is 1. The van der Waals surface area contributed by atoms with Crippen LogP contribution in [0.2, 0.25) is 0 Å². The molecule has 0 aromatic heterocycles. The maximum Gasteiger partial charge on any atom is 0.254 e. The van der Waals surface area contributed by atoms with E-state index in [2.05, 4.69) is 0 Å². The summed E-state index contributed by atoms with van der Waals surface area (Å²) < 4.78 is 30.8. The summed E-state index contributed by atoms with van der Waals surface area (Å²) in [6.45, 7) is 1.22. The molecule has 2 saturated heterocycles. The molecule has 2 aromatic carbocycles. The van der Waals surface area contributed by atoms with Crippen LogP contribution in [0.25, 0.3) is 0 Å². The lowest BCUT2D eigenvalue weighted by Gasteiger charge is -2.25. The zero-order valence-electron chi connectivity index (χ0n) is 15.9. The average Bonchev–Trinajstić information content (AvgIpc) is 3.34. The van der Waals surface area contributed by atoms with Gasteiger partial charge in [0.1, 0.15) is 5.75 Å². The predicted molar refractivity (Wildman–Crippen MR) is 108 cm³/mol. The Bertz CT molecular complexity index is 955. The molecular weight excluding hydrogens is 376 g/mol. The molecule has 148 valence electrons. The van der Waals surface area contributed by atoms with E-state index >= 15 is 0 Å². The quantitative estimate of drug-likeness (QED) is 0.790. The van der Waals surface area contributed by atoms with Crippen LogP contribution in [0, 0.1) is 0 Å². The molecule has 0 radical (unpaired) electrons. The summed E-state index contributed by atoms with van der Waals surface area (Å²) in [5.74, 6) is 0.964. The fraction of sp³-hybridized carbons (Fsp3) is 0.381. The van der Waals surface area contributed by atoms with E-state index in [9.17, 15) is 13.2 Å². The standard InChI is InChI=1S/C21H24N2O4S/c1-27-19-11-7-16(8-12-19)20-4-2-13-22(20)21(24)17-5-9-18(10-6-17)23-14-3-15-28(23,25)26/h5-12,20H,2-4,13-15H2,1H3/t20-/m0/s1. The van der Waals surface area contributed by atoms with Gasteiger partial charge in [0, 0.05) is 18.7 Å². The van der Waals surface area contributed by atoms with Gasteiger partial charge in [0.2, 0.25) is 10.0 Å². The van der Waals surface area contributed by atoms with Gasteiger partial charge in [-0.05, 0) is 61.2 Å². The zero-order chi connectivity index (χ0) is 19.7. The first-order chi connectivity index (χ1) is 13.5. The van der Waals surface area contributed by atoms with Gasteiger partial charge in [0.05, 0.1) is 24.6 Å². The van der Waals surface area contributed by atoms with Crippen molar-refractivity contribution >= 4 is 21.6 Å². The first kappa shape index (κ1) is 18.8. The van der Waals surface area contributed by atoms with Crippen molar-refractivity contribution in [3.8, 4) is 5.75 Å². The van der Waals surface area contributed by atoms with E-state index in [1.807, 2.05) is 29.2 Å². The van der Waals surface area contributed by atoms with Gasteiger partial charge < -0.3 is 9.64 Å². The molecule has 7 heteroatoms. The Morgan fingerprint density at radius 2 is 1.71 bits per heavy atom. The Labute approximate surface area is 165 Å². The molecule has 2 fully saturated rings. The van der Waals surface area contributed by atoms with Crippen LogP contribution in [-0.4, -0.2) is 45.2 Å². The van der Waals surface area contributed by atoms with E-state index in [0.29, 0.717) is 24.2 Å². The van der Waals surface area contributed by atoms with Gasteiger partial charge in [-0.3, -0.25) is 9.10 Å². The number of methoxy groups -OCH3 is 1. The molecule has 0 bridgehead atoms. The van der Waals surface area contributed by atoms with Gasteiger partial charge in [-0.15, -0.1) is 0 Å². The van der Waals surface area contributed by atoms with Crippen LogP contribution in [0.1, 0.15) is 41.2 Å². The second kappa shape index (κ2) is 7.47. The molecular formula is C21H24N2O4S. The van der Waals surface area contributed by atoms with Crippen molar-refractivity contribution in [2.75, 3.05) is 30.3 Å². The molecule has 0 saturated carbocycles. The minimum Gasteiger partial charge on any atom is -0.497 e. The number of nitrogens with zero attached hydrogens (tertiary/aromatic N) is 2. The maximum atomic E-state index is 13.1. The number of amides is 1. The molecule has 6 nitrogen and oxygen atoms in total. The molecule has 1 amide bonds. The number of carbonyl (C=O) groups is 1. The lowest BCUT2D eigenvalue weighted by Crippen LogP contribution is -2.30. The molecule has 4 rings (SSSR count). The van der Waals surface area contributed by atoms with Gasteiger partial charge in [-0.1, -0.05) is 12.1 Å². The van der Waals surface area contributed by atoms with E-state index < -0.39 is 10.0 Å². The molecule has 0 aliphatic carbocycles. The number of anilines is 1. The van der Waals surface area contributed by atoms with Crippen LogP contribution in [-0.2, 0) is 10.0 Å². The smallest absolute Gasteiger partial charge is 0.254 e. The van der Waals surface area contributed by atoms with Crippen molar-refractivity contribution in [2.45, 2.75) is 25.3 Å². The van der Waals surface area contributed by atoms with E-state index in [1.165, 1.54) is 4.31 Å². The summed E-state index contributed by atoms with van der Waals surface area (Å²) in [5.41, 5.74) is 2.31. The van der Waals surface area contributed by atoms with Crippen molar-refractivity contribution in [3.63, 3.8) is 0 Å². The second-order valence-corrected chi connectivity index (χ2v) is 9.23. The number of carbonyl (C=O) groups excluding carboxylic acids is 1. The monoisotopic (exact) mass is 400 g/mol. The van der Waals surface area contributed by atoms with Crippen molar-refractivity contribution in [2.24, 2.45) is 0 Å². The highest BCUT2D eigenvalue weighted by molar-refractivity contribution is 7.93. The van der Waals surface area contributed by atoms with Gasteiger partial charge in [0.25, 0.3) is 5.91 Å². The number of likely N-dealkylation sites (tertiary alicyclic amines) is 1. The van der Waals surface area contributed by atoms with Gasteiger partial charge in [-0.2, -0.15) is 0 Å². The minimum atomic E-state index is -3.21. The van der Waals surface area contributed by atoms with Crippen LogP contribution in [0.4, 0.5) is 5.69 Å². The van der Waals surface area contributed by atoms with Crippen molar-refractivity contribution in [1.82, 2.24) is 4.90 Å². The van der Waals surface area contributed by atoms with Crippen molar-refractivity contribution < 1.29 is 17.9 Å². The molecule has 2 aliphatic heterocycles. The molecule has 1 atom stereocenters. The van der Waals surface area contributed by atoms with Crippen LogP contribution < -0.4 is 9.04 Å².